The molecule has 1 aromatic carbocycles. The molecule has 0 aliphatic rings. The lowest BCUT2D eigenvalue weighted by molar-refractivity contribution is 0.0987. The molecule has 1 rings (SSSR count). The SMILES string of the molecule is CCOc1cc(C(=O)CC)cc(Cl)c1OC. The van der Waals surface area contributed by atoms with Gasteiger partial charge in [0.2, 0.25) is 0 Å². The molecule has 0 radical (unpaired) electrons. The normalized spacial score (nSPS) is 10.0. The number of carbonyl (C=O) groups excluding carboxylic acids is 1. The van der Waals surface area contributed by atoms with E-state index in [2.05, 4.69) is 0 Å². The van der Waals surface area contributed by atoms with Gasteiger partial charge >= 0.3 is 0 Å². The van der Waals surface area contributed by atoms with Crippen molar-refractivity contribution in [3.8, 4) is 11.5 Å². The van der Waals surface area contributed by atoms with Crippen LogP contribution in [-0.2, 0) is 0 Å². The van der Waals surface area contributed by atoms with E-state index >= 15 is 0 Å². The quantitative estimate of drug-likeness (QED) is 0.743. The number of halogens is 1. The molecule has 0 N–H and O–H groups in total. The second-order valence-corrected chi connectivity index (χ2v) is 3.61. The van der Waals surface area contributed by atoms with Crippen LogP contribution in [0.15, 0.2) is 12.1 Å². The topological polar surface area (TPSA) is 35.5 Å². The molecule has 0 spiro atoms. The molecule has 0 heterocycles. The Morgan fingerprint density at radius 1 is 1.38 bits per heavy atom. The van der Waals surface area contributed by atoms with Gasteiger partial charge in [0.25, 0.3) is 0 Å². The van der Waals surface area contributed by atoms with Crippen LogP contribution in [0.2, 0.25) is 5.02 Å². The van der Waals surface area contributed by atoms with E-state index in [4.69, 9.17) is 21.1 Å². The van der Waals surface area contributed by atoms with Crippen molar-refractivity contribution in [3.05, 3.63) is 22.7 Å². The molecule has 0 saturated heterocycles. The van der Waals surface area contributed by atoms with Crippen molar-refractivity contribution in [1.29, 1.82) is 0 Å². The summed E-state index contributed by atoms with van der Waals surface area (Å²) in [6, 6.07) is 3.27. The van der Waals surface area contributed by atoms with Crippen LogP contribution in [-0.4, -0.2) is 19.5 Å². The summed E-state index contributed by atoms with van der Waals surface area (Å²) >= 11 is 6.01. The van der Waals surface area contributed by atoms with E-state index in [-0.39, 0.29) is 5.78 Å². The number of hydrogen-bond acceptors (Lipinski definition) is 3. The van der Waals surface area contributed by atoms with E-state index in [1.807, 2.05) is 6.92 Å². The third-order valence-corrected chi connectivity index (χ3v) is 2.44. The molecular formula is C12H15ClO3. The van der Waals surface area contributed by atoms with Gasteiger partial charge in [-0.15, -0.1) is 0 Å². The molecule has 0 saturated carbocycles. The maximum Gasteiger partial charge on any atom is 0.179 e. The fourth-order valence-electron chi connectivity index (χ4n) is 1.39. The van der Waals surface area contributed by atoms with Crippen molar-refractivity contribution >= 4 is 17.4 Å². The van der Waals surface area contributed by atoms with E-state index < -0.39 is 0 Å². The second-order valence-electron chi connectivity index (χ2n) is 3.20. The first-order valence-corrected chi connectivity index (χ1v) is 5.55. The van der Waals surface area contributed by atoms with Crippen molar-refractivity contribution in [2.75, 3.05) is 13.7 Å². The van der Waals surface area contributed by atoms with Crippen LogP contribution >= 0.6 is 11.6 Å². The Labute approximate surface area is 100 Å². The number of rotatable bonds is 5. The largest absolute Gasteiger partial charge is 0.491 e. The van der Waals surface area contributed by atoms with Crippen LogP contribution in [0, 0.1) is 0 Å². The summed E-state index contributed by atoms with van der Waals surface area (Å²) in [5, 5.41) is 0.394. The number of hydrogen-bond donors (Lipinski definition) is 0. The molecule has 0 fully saturated rings. The summed E-state index contributed by atoms with van der Waals surface area (Å²) in [6.45, 7) is 4.17. The molecule has 16 heavy (non-hydrogen) atoms. The minimum absolute atomic E-state index is 0.0329. The molecular weight excluding hydrogens is 228 g/mol. The van der Waals surface area contributed by atoms with Gasteiger partial charge in [-0.1, -0.05) is 18.5 Å². The third-order valence-electron chi connectivity index (χ3n) is 2.16. The lowest BCUT2D eigenvalue weighted by Gasteiger charge is -2.12. The van der Waals surface area contributed by atoms with Crippen molar-refractivity contribution in [2.45, 2.75) is 20.3 Å². The third kappa shape index (κ3) is 2.67. The first-order valence-electron chi connectivity index (χ1n) is 5.17. The Morgan fingerprint density at radius 2 is 2.06 bits per heavy atom. The number of ketones is 1. The first kappa shape index (κ1) is 12.8. The average molecular weight is 243 g/mol. The van der Waals surface area contributed by atoms with Crippen LogP contribution < -0.4 is 9.47 Å². The highest BCUT2D eigenvalue weighted by molar-refractivity contribution is 6.32. The zero-order chi connectivity index (χ0) is 12.1. The van der Waals surface area contributed by atoms with E-state index in [0.717, 1.165) is 0 Å². The molecule has 0 unspecified atom stereocenters. The molecule has 0 atom stereocenters. The monoisotopic (exact) mass is 242 g/mol. The minimum Gasteiger partial charge on any atom is -0.491 e. The number of Topliss-reactive ketones (excluding diaryl/α,β-unsaturated/α-hetero) is 1. The van der Waals surface area contributed by atoms with E-state index in [9.17, 15) is 4.79 Å². The van der Waals surface area contributed by atoms with Crippen molar-refractivity contribution in [3.63, 3.8) is 0 Å². The Kier molecular flexibility index (Phi) is 4.62. The zero-order valence-corrected chi connectivity index (χ0v) is 10.4. The van der Waals surface area contributed by atoms with E-state index in [1.165, 1.54) is 7.11 Å². The van der Waals surface area contributed by atoms with Crippen LogP contribution in [0.3, 0.4) is 0 Å². The molecule has 88 valence electrons. The van der Waals surface area contributed by atoms with E-state index in [1.54, 1.807) is 19.1 Å². The minimum atomic E-state index is 0.0329. The number of carbonyl (C=O) groups is 1. The smallest absolute Gasteiger partial charge is 0.179 e. The molecule has 0 amide bonds. The predicted octanol–water partition coefficient (Wildman–Crippen LogP) is 3.34. The fraction of sp³-hybridized carbons (Fsp3) is 0.417. The highest BCUT2D eigenvalue weighted by atomic mass is 35.5. The molecule has 4 heteroatoms. The van der Waals surface area contributed by atoms with Crippen LogP contribution in [0.1, 0.15) is 30.6 Å². The Hall–Kier alpha value is -1.22. The van der Waals surface area contributed by atoms with Crippen molar-refractivity contribution < 1.29 is 14.3 Å². The van der Waals surface area contributed by atoms with Crippen molar-refractivity contribution in [2.24, 2.45) is 0 Å². The highest BCUT2D eigenvalue weighted by Crippen LogP contribution is 2.36. The summed E-state index contributed by atoms with van der Waals surface area (Å²) in [6.07, 6.45) is 0.439. The molecule has 0 aliphatic carbocycles. The van der Waals surface area contributed by atoms with E-state index in [0.29, 0.717) is 35.1 Å². The van der Waals surface area contributed by atoms with Gasteiger partial charge in [-0.25, -0.2) is 0 Å². The number of benzene rings is 1. The van der Waals surface area contributed by atoms with Gasteiger partial charge in [0, 0.05) is 12.0 Å². The maximum atomic E-state index is 11.6. The highest BCUT2D eigenvalue weighted by Gasteiger charge is 2.14. The standard InChI is InChI=1S/C12H15ClO3/c1-4-10(14)8-6-9(13)12(15-3)11(7-8)16-5-2/h6-7H,4-5H2,1-3H3. The Balaban J connectivity index is 3.22. The van der Waals surface area contributed by atoms with Gasteiger partial charge in [0.05, 0.1) is 18.7 Å². The van der Waals surface area contributed by atoms with Gasteiger partial charge in [-0.3, -0.25) is 4.79 Å². The van der Waals surface area contributed by atoms with Gasteiger partial charge in [0.1, 0.15) is 0 Å². The van der Waals surface area contributed by atoms with Gasteiger partial charge in [-0.2, -0.15) is 0 Å². The summed E-state index contributed by atoms with van der Waals surface area (Å²) in [5.41, 5.74) is 0.553. The first-order chi connectivity index (χ1) is 7.63. The molecule has 3 nitrogen and oxygen atoms in total. The Bertz CT molecular complexity index is 388. The van der Waals surface area contributed by atoms with Crippen LogP contribution in [0.4, 0.5) is 0 Å². The Morgan fingerprint density at radius 3 is 2.56 bits per heavy atom. The predicted molar refractivity (Wildman–Crippen MR) is 63.8 cm³/mol. The zero-order valence-electron chi connectivity index (χ0n) is 9.67. The number of ether oxygens (including phenoxy) is 2. The summed E-state index contributed by atoms with van der Waals surface area (Å²) < 4.78 is 10.5. The van der Waals surface area contributed by atoms with Gasteiger partial charge in [0.15, 0.2) is 17.3 Å². The number of methoxy groups -OCH3 is 1. The summed E-state index contributed by atoms with van der Waals surface area (Å²) in [5.74, 6) is 1.01. The lowest BCUT2D eigenvalue weighted by Crippen LogP contribution is -2.01. The van der Waals surface area contributed by atoms with Gasteiger partial charge < -0.3 is 9.47 Å². The molecule has 0 aromatic heterocycles. The average Bonchev–Trinajstić information content (AvgIpc) is 2.28. The van der Waals surface area contributed by atoms with Gasteiger partial charge in [-0.05, 0) is 19.1 Å². The summed E-state index contributed by atoms with van der Waals surface area (Å²) in [7, 11) is 1.52. The second kappa shape index (κ2) is 5.75. The van der Waals surface area contributed by atoms with Crippen molar-refractivity contribution in [1.82, 2.24) is 0 Å². The fourth-order valence-corrected chi connectivity index (χ4v) is 1.68. The summed E-state index contributed by atoms with van der Waals surface area (Å²) in [4.78, 5) is 11.6. The van der Waals surface area contributed by atoms with Crippen LogP contribution in [0.25, 0.3) is 0 Å². The molecule has 0 bridgehead atoms. The van der Waals surface area contributed by atoms with Crippen LogP contribution in [0.5, 0.6) is 11.5 Å². The lowest BCUT2D eigenvalue weighted by atomic mass is 10.1. The molecule has 1 aromatic rings. The molecule has 0 aliphatic heterocycles. The maximum absolute atomic E-state index is 11.6.